The molecule has 0 aromatic rings. The Morgan fingerprint density at radius 3 is 0.824 bits per heavy atom. The highest BCUT2D eigenvalue weighted by atomic mass is 16.6. The lowest BCUT2D eigenvalue weighted by atomic mass is 10.0. The molecule has 0 saturated heterocycles. The van der Waals surface area contributed by atoms with Gasteiger partial charge in [-0.1, -0.05) is 313 Å². The summed E-state index contributed by atoms with van der Waals surface area (Å²) in [6.45, 7) is 6.55. The molecule has 6 heteroatoms. The molecule has 0 aliphatic carbocycles. The zero-order valence-corrected chi connectivity index (χ0v) is 49.4. The van der Waals surface area contributed by atoms with Gasteiger partial charge < -0.3 is 14.2 Å². The van der Waals surface area contributed by atoms with Crippen LogP contribution in [0.1, 0.15) is 335 Å². The molecule has 0 spiro atoms. The molecule has 0 saturated carbocycles. The second-order valence-corrected chi connectivity index (χ2v) is 21.7. The molecule has 0 heterocycles. The Bertz CT molecular complexity index is 1330. The highest BCUT2D eigenvalue weighted by Gasteiger charge is 2.19. The molecule has 0 aliphatic rings. The maximum absolute atomic E-state index is 12.9. The minimum atomic E-state index is -0.768. The molecule has 74 heavy (non-hydrogen) atoms. The number of esters is 3. The van der Waals surface area contributed by atoms with Crippen LogP contribution < -0.4 is 0 Å². The van der Waals surface area contributed by atoms with Crippen molar-refractivity contribution in [3.63, 3.8) is 0 Å². The van der Waals surface area contributed by atoms with Crippen LogP contribution in [0.15, 0.2) is 60.8 Å². The van der Waals surface area contributed by atoms with Gasteiger partial charge in [-0.2, -0.15) is 0 Å². The molecule has 0 radical (unpaired) electrons. The van der Waals surface area contributed by atoms with Crippen LogP contribution in [0.4, 0.5) is 0 Å². The first kappa shape index (κ1) is 71.1. The van der Waals surface area contributed by atoms with Crippen LogP contribution in [-0.2, 0) is 28.6 Å². The summed E-state index contributed by atoms with van der Waals surface area (Å²) in [5.74, 6) is -0.851. The Kier molecular flexibility index (Phi) is 60.2. The SMILES string of the molecule is CC/C=C\C/C=C\C/C=C\C/C=C\C/C=C\CCCCCCCCCCCCCCCCCC(=O)OCC(COC(=O)CCCCCCCCCCC)OC(=O)CCCCCCCCCCCCCCCCCC. The number of ether oxygens (including phenoxy) is 3. The van der Waals surface area contributed by atoms with Gasteiger partial charge in [-0.3, -0.25) is 14.4 Å². The molecule has 1 atom stereocenters. The van der Waals surface area contributed by atoms with Gasteiger partial charge in [0, 0.05) is 19.3 Å². The zero-order valence-electron chi connectivity index (χ0n) is 49.4. The first-order valence-corrected chi connectivity index (χ1v) is 32.3. The third kappa shape index (κ3) is 60.0. The Hall–Kier alpha value is -2.89. The van der Waals surface area contributed by atoms with Crippen LogP contribution in [0.5, 0.6) is 0 Å². The van der Waals surface area contributed by atoms with E-state index in [2.05, 4.69) is 81.5 Å². The van der Waals surface area contributed by atoms with E-state index in [1.54, 1.807) is 0 Å². The van der Waals surface area contributed by atoms with Crippen molar-refractivity contribution in [1.29, 1.82) is 0 Å². The third-order valence-electron chi connectivity index (χ3n) is 14.3. The maximum atomic E-state index is 12.9. The predicted molar refractivity (Wildman–Crippen MR) is 321 cm³/mol. The summed E-state index contributed by atoms with van der Waals surface area (Å²) < 4.78 is 16.9. The van der Waals surface area contributed by atoms with E-state index in [1.165, 1.54) is 205 Å². The first-order chi connectivity index (χ1) is 36.5. The predicted octanol–water partition coefficient (Wildman–Crippen LogP) is 21.9. The van der Waals surface area contributed by atoms with Crippen LogP contribution in [0.25, 0.3) is 0 Å². The summed E-state index contributed by atoms with van der Waals surface area (Å²) >= 11 is 0. The highest BCUT2D eigenvalue weighted by Crippen LogP contribution is 2.17. The first-order valence-electron chi connectivity index (χ1n) is 32.3. The molecule has 0 aliphatic heterocycles. The molecule has 0 aromatic heterocycles. The second-order valence-electron chi connectivity index (χ2n) is 21.7. The fraction of sp³-hybridized carbons (Fsp3) is 0.809. The summed E-state index contributed by atoms with van der Waals surface area (Å²) in [6, 6.07) is 0. The lowest BCUT2D eigenvalue weighted by molar-refractivity contribution is -0.167. The average Bonchev–Trinajstić information content (AvgIpc) is 3.40. The van der Waals surface area contributed by atoms with E-state index in [0.29, 0.717) is 19.3 Å². The molecular weight excluding hydrogens is 913 g/mol. The van der Waals surface area contributed by atoms with E-state index in [0.717, 1.165) is 89.9 Å². The van der Waals surface area contributed by atoms with Crippen molar-refractivity contribution < 1.29 is 28.6 Å². The number of hydrogen-bond donors (Lipinski definition) is 0. The Labute approximate surface area is 460 Å². The van der Waals surface area contributed by atoms with Crippen molar-refractivity contribution in [2.24, 2.45) is 0 Å². The van der Waals surface area contributed by atoms with Crippen molar-refractivity contribution in [3.05, 3.63) is 60.8 Å². The van der Waals surface area contributed by atoms with E-state index in [4.69, 9.17) is 14.2 Å². The second kappa shape index (κ2) is 62.6. The summed E-state index contributed by atoms with van der Waals surface area (Å²) in [5, 5.41) is 0. The van der Waals surface area contributed by atoms with Crippen LogP contribution in [0.3, 0.4) is 0 Å². The summed E-state index contributed by atoms with van der Waals surface area (Å²) in [7, 11) is 0. The van der Waals surface area contributed by atoms with Crippen LogP contribution in [0, 0.1) is 0 Å². The van der Waals surface area contributed by atoms with Gasteiger partial charge in [-0.15, -0.1) is 0 Å². The van der Waals surface area contributed by atoms with Gasteiger partial charge in [-0.05, 0) is 64.2 Å². The quantitative estimate of drug-likeness (QED) is 0.0261. The summed E-state index contributed by atoms with van der Waals surface area (Å²) in [6.07, 6.45) is 79.6. The lowest BCUT2D eigenvalue weighted by Crippen LogP contribution is -2.30. The smallest absolute Gasteiger partial charge is 0.306 e. The van der Waals surface area contributed by atoms with E-state index >= 15 is 0 Å². The van der Waals surface area contributed by atoms with Gasteiger partial charge >= 0.3 is 17.9 Å². The highest BCUT2D eigenvalue weighted by molar-refractivity contribution is 5.71. The zero-order chi connectivity index (χ0) is 53.6. The normalized spacial score (nSPS) is 12.4. The molecule has 0 rings (SSSR count). The largest absolute Gasteiger partial charge is 0.462 e. The van der Waals surface area contributed by atoms with Crippen LogP contribution in [-0.4, -0.2) is 37.2 Å². The fourth-order valence-electron chi connectivity index (χ4n) is 9.47. The Morgan fingerprint density at radius 2 is 0.527 bits per heavy atom. The monoisotopic (exact) mass is 1030 g/mol. The standard InChI is InChI=1S/C68H122O6/c1-4-7-10-13-16-19-21-23-25-27-28-29-30-31-32-33-34-35-36-37-38-39-40-41-43-44-46-49-52-55-58-61-67(70)73-64-65(63-72-66(69)60-57-54-51-48-18-15-12-9-6-3)74-68(71)62-59-56-53-50-47-45-42-26-24-22-20-17-14-11-8-5-2/h7,10,16,19,23,25,28-29,31-32,65H,4-6,8-9,11-15,17-18,20-22,24,26-27,30,33-64H2,1-3H3/b10-7-,19-16-,25-23-,29-28-,32-31-. The molecule has 0 N–H and O–H groups in total. The van der Waals surface area contributed by atoms with Crippen molar-refractivity contribution in [2.75, 3.05) is 13.2 Å². The van der Waals surface area contributed by atoms with Crippen molar-refractivity contribution in [1.82, 2.24) is 0 Å². The molecule has 0 fully saturated rings. The minimum absolute atomic E-state index is 0.0677. The number of unbranched alkanes of at least 4 members (excludes halogenated alkanes) is 38. The van der Waals surface area contributed by atoms with Crippen molar-refractivity contribution >= 4 is 17.9 Å². The van der Waals surface area contributed by atoms with Gasteiger partial charge in [0.1, 0.15) is 13.2 Å². The van der Waals surface area contributed by atoms with E-state index in [9.17, 15) is 14.4 Å². The molecule has 430 valence electrons. The molecule has 0 amide bonds. The van der Waals surface area contributed by atoms with Gasteiger partial charge in [0.2, 0.25) is 0 Å². The number of allylic oxidation sites excluding steroid dienone is 10. The maximum Gasteiger partial charge on any atom is 0.306 e. The van der Waals surface area contributed by atoms with E-state index in [-0.39, 0.29) is 31.1 Å². The van der Waals surface area contributed by atoms with Gasteiger partial charge in [-0.25, -0.2) is 0 Å². The van der Waals surface area contributed by atoms with Crippen molar-refractivity contribution in [2.45, 2.75) is 341 Å². The third-order valence-corrected chi connectivity index (χ3v) is 14.3. The number of rotatable bonds is 59. The summed E-state index contributed by atoms with van der Waals surface area (Å²) in [4.78, 5) is 38.1. The lowest BCUT2D eigenvalue weighted by Gasteiger charge is -2.18. The van der Waals surface area contributed by atoms with E-state index in [1.807, 2.05) is 0 Å². The molecule has 0 aromatic carbocycles. The number of hydrogen-bond acceptors (Lipinski definition) is 6. The van der Waals surface area contributed by atoms with Crippen molar-refractivity contribution in [3.8, 4) is 0 Å². The minimum Gasteiger partial charge on any atom is -0.462 e. The summed E-state index contributed by atoms with van der Waals surface area (Å²) in [5.41, 5.74) is 0. The Balaban J connectivity index is 4.09. The molecular formula is C68H122O6. The topological polar surface area (TPSA) is 78.9 Å². The number of carbonyl (C=O) groups excluding carboxylic acids is 3. The molecule has 6 nitrogen and oxygen atoms in total. The molecule has 0 bridgehead atoms. The van der Waals surface area contributed by atoms with Gasteiger partial charge in [0.25, 0.3) is 0 Å². The molecule has 1 unspecified atom stereocenters. The van der Waals surface area contributed by atoms with Gasteiger partial charge in [0.15, 0.2) is 6.10 Å². The average molecular weight is 1040 g/mol. The fourth-order valence-corrected chi connectivity index (χ4v) is 9.47. The van der Waals surface area contributed by atoms with Crippen LogP contribution >= 0.6 is 0 Å². The number of carbonyl (C=O) groups is 3. The Morgan fingerprint density at radius 1 is 0.284 bits per heavy atom. The van der Waals surface area contributed by atoms with E-state index < -0.39 is 6.10 Å². The van der Waals surface area contributed by atoms with Crippen LogP contribution in [0.2, 0.25) is 0 Å². The van der Waals surface area contributed by atoms with Gasteiger partial charge in [0.05, 0.1) is 0 Å².